The van der Waals surface area contributed by atoms with Crippen LogP contribution >= 0.6 is 0 Å². The number of nitrogens with two attached hydrogens (primary N) is 1. The lowest BCUT2D eigenvalue weighted by Gasteiger charge is -2.58. The van der Waals surface area contributed by atoms with Gasteiger partial charge in [-0.15, -0.1) is 0 Å². The number of fused-ring (bicyclic) bond motifs is 3. The van der Waals surface area contributed by atoms with Crippen LogP contribution < -0.4 is 5.73 Å². The number of aliphatic hydroxyl groups is 1. The summed E-state index contributed by atoms with van der Waals surface area (Å²) < 4.78 is 0. The van der Waals surface area contributed by atoms with Crippen LogP contribution in [-0.2, 0) is 11.8 Å². The fourth-order valence-electron chi connectivity index (χ4n) is 5.11. The average Bonchev–Trinajstić information content (AvgIpc) is 2.53. The predicted octanol–water partition coefficient (Wildman–Crippen LogP) is 2.47. The number of carbonyl (C=O) groups excluding carboxylic acids is 1. The molecule has 0 heterocycles. The van der Waals surface area contributed by atoms with Crippen LogP contribution in [0.5, 0.6) is 0 Å². The van der Waals surface area contributed by atoms with Crippen molar-refractivity contribution in [3.8, 4) is 0 Å². The second-order valence-corrected chi connectivity index (χ2v) is 8.11. The minimum absolute atomic E-state index is 0.229. The summed E-state index contributed by atoms with van der Waals surface area (Å²) in [6.45, 7) is 3.11. The zero-order chi connectivity index (χ0) is 17.5. The standard InChI is InChI=1S/C20H30N2O2/c1-14-12-15-6-7-16(18(21)23)13-17(15)19(10-11-22(2)3)8-4-5-9-20(14,19)24/h6-7,13-14,24H,4-5,8-12H2,1-3H3,(H2,21,23)/t14-,19+,20-/m1/s1. The molecular weight excluding hydrogens is 300 g/mol. The van der Waals surface area contributed by atoms with E-state index in [-0.39, 0.29) is 11.3 Å². The van der Waals surface area contributed by atoms with Gasteiger partial charge in [-0.05, 0) is 75.5 Å². The predicted molar refractivity (Wildman–Crippen MR) is 96.1 cm³/mol. The van der Waals surface area contributed by atoms with Crippen molar-refractivity contribution < 1.29 is 9.90 Å². The van der Waals surface area contributed by atoms with Crippen molar-refractivity contribution in [2.75, 3.05) is 20.6 Å². The third kappa shape index (κ3) is 2.56. The highest BCUT2D eigenvalue weighted by Gasteiger charge is 2.58. The van der Waals surface area contributed by atoms with Gasteiger partial charge in [0.15, 0.2) is 0 Å². The molecule has 0 saturated heterocycles. The Morgan fingerprint density at radius 1 is 1.33 bits per heavy atom. The van der Waals surface area contributed by atoms with Crippen molar-refractivity contribution in [1.82, 2.24) is 4.90 Å². The molecule has 1 aromatic carbocycles. The Labute approximate surface area is 145 Å². The van der Waals surface area contributed by atoms with E-state index >= 15 is 0 Å². The number of benzene rings is 1. The summed E-state index contributed by atoms with van der Waals surface area (Å²) in [6, 6.07) is 5.85. The SMILES string of the molecule is C[C@@H]1Cc2ccc(C(N)=O)cc2[C@@]2(CCN(C)C)CCCC[C@@]12O. The monoisotopic (exact) mass is 330 g/mol. The van der Waals surface area contributed by atoms with E-state index in [2.05, 4.69) is 32.0 Å². The van der Waals surface area contributed by atoms with Crippen LogP contribution in [0.4, 0.5) is 0 Å². The summed E-state index contributed by atoms with van der Waals surface area (Å²) in [7, 11) is 4.15. The van der Waals surface area contributed by atoms with Crippen molar-refractivity contribution in [1.29, 1.82) is 0 Å². The summed E-state index contributed by atoms with van der Waals surface area (Å²) in [5, 5.41) is 11.8. The first-order valence-electron chi connectivity index (χ1n) is 9.10. The summed E-state index contributed by atoms with van der Waals surface area (Å²) >= 11 is 0. The molecule has 1 fully saturated rings. The van der Waals surface area contributed by atoms with E-state index < -0.39 is 11.5 Å². The Bertz CT molecular complexity index is 643. The summed E-state index contributed by atoms with van der Waals surface area (Å²) in [6.07, 6.45) is 5.82. The molecule has 1 aromatic rings. The number of rotatable bonds is 4. The van der Waals surface area contributed by atoms with Crippen LogP contribution in [0.25, 0.3) is 0 Å². The van der Waals surface area contributed by atoms with Gasteiger partial charge in [0.2, 0.25) is 5.91 Å². The molecule has 3 rings (SSSR count). The Hall–Kier alpha value is -1.39. The van der Waals surface area contributed by atoms with Gasteiger partial charge in [0.05, 0.1) is 5.60 Å². The van der Waals surface area contributed by atoms with E-state index in [4.69, 9.17) is 5.73 Å². The lowest BCUT2D eigenvalue weighted by Crippen LogP contribution is -2.61. The van der Waals surface area contributed by atoms with Crippen molar-refractivity contribution >= 4 is 5.91 Å². The normalized spacial score (nSPS) is 32.3. The minimum atomic E-state index is -0.690. The molecule has 1 amide bonds. The molecule has 4 nitrogen and oxygen atoms in total. The molecule has 0 bridgehead atoms. The van der Waals surface area contributed by atoms with Gasteiger partial charge >= 0.3 is 0 Å². The first kappa shape index (κ1) is 17.4. The molecule has 0 unspecified atom stereocenters. The van der Waals surface area contributed by atoms with Crippen LogP contribution in [0.2, 0.25) is 0 Å². The van der Waals surface area contributed by atoms with E-state index in [1.54, 1.807) is 0 Å². The Balaban J connectivity index is 2.17. The maximum atomic E-state index is 11.8. The van der Waals surface area contributed by atoms with E-state index in [9.17, 15) is 9.90 Å². The zero-order valence-electron chi connectivity index (χ0n) is 15.1. The number of nitrogens with zero attached hydrogens (tertiary/aromatic N) is 1. The van der Waals surface area contributed by atoms with Crippen molar-refractivity contribution in [2.24, 2.45) is 11.7 Å². The van der Waals surface area contributed by atoms with Gasteiger partial charge in [-0.2, -0.15) is 0 Å². The number of hydrogen-bond acceptors (Lipinski definition) is 3. The first-order chi connectivity index (χ1) is 11.3. The van der Waals surface area contributed by atoms with Gasteiger partial charge in [0, 0.05) is 11.0 Å². The van der Waals surface area contributed by atoms with Gasteiger partial charge < -0.3 is 15.7 Å². The third-order valence-electron chi connectivity index (χ3n) is 6.48. The fourth-order valence-corrected chi connectivity index (χ4v) is 5.11. The second kappa shape index (κ2) is 6.16. The maximum Gasteiger partial charge on any atom is 0.248 e. The van der Waals surface area contributed by atoms with Crippen LogP contribution in [0.3, 0.4) is 0 Å². The molecule has 2 aliphatic rings. The minimum Gasteiger partial charge on any atom is -0.389 e. The van der Waals surface area contributed by atoms with Gasteiger partial charge in [-0.1, -0.05) is 25.8 Å². The van der Waals surface area contributed by atoms with E-state index in [0.717, 1.165) is 45.1 Å². The molecule has 0 spiro atoms. The molecule has 0 radical (unpaired) electrons. The third-order valence-corrected chi connectivity index (χ3v) is 6.48. The van der Waals surface area contributed by atoms with Gasteiger partial charge in [0.1, 0.15) is 0 Å². The van der Waals surface area contributed by atoms with Crippen molar-refractivity contribution in [3.63, 3.8) is 0 Å². The molecule has 0 aromatic heterocycles. The lowest BCUT2D eigenvalue weighted by molar-refractivity contribution is -0.122. The molecule has 2 aliphatic carbocycles. The topological polar surface area (TPSA) is 66.6 Å². The van der Waals surface area contributed by atoms with Gasteiger partial charge in [-0.25, -0.2) is 0 Å². The first-order valence-corrected chi connectivity index (χ1v) is 9.10. The Kier molecular flexibility index (Phi) is 4.47. The van der Waals surface area contributed by atoms with E-state index in [1.165, 1.54) is 11.1 Å². The Morgan fingerprint density at radius 3 is 2.71 bits per heavy atom. The molecule has 0 aliphatic heterocycles. The van der Waals surface area contributed by atoms with E-state index in [1.807, 2.05) is 12.1 Å². The highest BCUT2D eigenvalue weighted by atomic mass is 16.3. The number of amides is 1. The van der Waals surface area contributed by atoms with Crippen LogP contribution in [-0.4, -0.2) is 42.2 Å². The number of hydrogen-bond donors (Lipinski definition) is 2. The number of carbonyl (C=O) groups is 1. The van der Waals surface area contributed by atoms with Crippen molar-refractivity contribution in [2.45, 2.75) is 56.5 Å². The number of primary amides is 1. The van der Waals surface area contributed by atoms with Gasteiger partial charge in [-0.3, -0.25) is 4.79 Å². The highest BCUT2D eigenvalue weighted by molar-refractivity contribution is 5.93. The lowest BCUT2D eigenvalue weighted by atomic mass is 9.50. The molecule has 3 N–H and O–H groups in total. The van der Waals surface area contributed by atoms with Gasteiger partial charge in [0.25, 0.3) is 0 Å². The summed E-state index contributed by atoms with van der Waals surface area (Å²) in [5.74, 6) is -0.162. The molecule has 1 saturated carbocycles. The fraction of sp³-hybridized carbons (Fsp3) is 0.650. The van der Waals surface area contributed by atoms with Crippen LogP contribution in [0.1, 0.15) is 60.5 Å². The van der Waals surface area contributed by atoms with Crippen molar-refractivity contribution in [3.05, 3.63) is 34.9 Å². The molecule has 24 heavy (non-hydrogen) atoms. The Morgan fingerprint density at radius 2 is 2.04 bits per heavy atom. The highest BCUT2D eigenvalue weighted by Crippen LogP contribution is 2.56. The smallest absolute Gasteiger partial charge is 0.248 e. The van der Waals surface area contributed by atoms with Crippen LogP contribution in [0.15, 0.2) is 18.2 Å². The average molecular weight is 330 g/mol. The van der Waals surface area contributed by atoms with Crippen LogP contribution in [0, 0.1) is 5.92 Å². The molecule has 3 atom stereocenters. The molecule has 132 valence electrons. The second-order valence-electron chi connectivity index (χ2n) is 8.11. The summed E-state index contributed by atoms with van der Waals surface area (Å²) in [4.78, 5) is 13.9. The molecular formula is C20H30N2O2. The zero-order valence-corrected chi connectivity index (χ0v) is 15.1. The largest absolute Gasteiger partial charge is 0.389 e. The quantitative estimate of drug-likeness (QED) is 0.891. The molecule has 4 heteroatoms. The summed E-state index contributed by atoms with van der Waals surface area (Å²) in [5.41, 5.74) is 7.57. The maximum absolute atomic E-state index is 11.8. The van der Waals surface area contributed by atoms with E-state index in [0.29, 0.717) is 5.56 Å².